The third kappa shape index (κ3) is 4.77. The Morgan fingerprint density at radius 3 is 2.57 bits per heavy atom. The molecule has 1 unspecified atom stereocenters. The lowest BCUT2D eigenvalue weighted by Gasteiger charge is -2.31. The van der Waals surface area contributed by atoms with E-state index in [-0.39, 0.29) is 5.54 Å². The van der Waals surface area contributed by atoms with Crippen molar-refractivity contribution in [2.24, 2.45) is 0 Å². The van der Waals surface area contributed by atoms with Crippen LogP contribution in [0.1, 0.15) is 27.7 Å². The molecular weight excluding hydrogens is 292 g/mol. The van der Waals surface area contributed by atoms with Gasteiger partial charge in [-0.05, 0) is 27.7 Å². The van der Waals surface area contributed by atoms with Crippen molar-refractivity contribution in [3.63, 3.8) is 0 Å². The van der Waals surface area contributed by atoms with Gasteiger partial charge in [0.2, 0.25) is 5.82 Å². The van der Waals surface area contributed by atoms with Crippen LogP contribution in [0.2, 0.25) is 0 Å². The first-order valence-electron chi connectivity index (χ1n) is 7.14. The van der Waals surface area contributed by atoms with Gasteiger partial charge in [0, 0.05) is 18.6 Å². The predicted molar refractivity (Wildman–Crippen MR) is 81.9 cm³/mol. The molecule has 120 valence electrons. The summed E-state index contributed by atoms with van der Waals surface area (Å²) in [7, 11) is 0. The minimum Gasteiger partial charge on any atom is -0.452 e. The fourth-order valence-electron chi connectivity index (χ4n) is 2.01. The van der Waals surface area contributed by atoms with Gasteiger partial charge in [-0.15, -0.1) is 4.37 Å². The van der Waals surface area contributed by atoms with E-state index in [9.17, 15) is 5.11 Å². The van der Waals surface area contributed by atoms with Crippen LogP contribution in [0.4, 0.5) is 5.82 Å². The molecule has 1 aliphatic rings. The number of nitrogens with zero attached hydrogens (tertiary/aromatic N) is 3. The van der Waals surface area contributed by atoms with E-state index in [1.807, 2.05) is 20.8 Å². The molecule has 0 aliphatic carbocycles. The average Bonchev–Trinajstić information content (AvgIpc) is 2.85. The smallest absolute Gasteiger partial charge is 0.272 e. The van der Waals surface area contributed by atoms with Gasteiger partial charge in [-0.2, -0.15) is 4.37 Å². The van der Waals surface area contributed by atoms with Crippen molar-refractivity contribution >= 4 is 17.5 Å². The number of aromatic nitrogens is 2. The van der Waals surface area contributed by atoms with Crippen molar-refractivity contribution in [1.82, 2.24) is 14.1 Å². The molecule has 0 aromatic carbocycles. The van der Waals surface area contributed by atoms with Gasteiger partial charge in [-0.1, -0.05) is 0 Å². The third-order valence-corrected chi connectivity index (χ3v) is 3.51. The van der Waals surface area contributed by atoms with Crippen LogP contribution in [0.5, 0.6) is 5.88 Å². The summed E-state index contributed by atoms with van der Waals surface area (Å²) in [4.78, 5) is 2.10. The maximum atomic E-state index is 9.91. The van der Waals surface area contributed by atoms with E-state index in [0.29, 0.717) is 19.1 Å². The first kappa shape index (κ1) is 16.4. The molecular formula is C13H24N4O3S. The zero-order valence-electron chi connectivity index (χ0n) is 13.0. The molecule has 0 spiro atoms. The second kappa shape index (κ2) is 6.87. The number of aliphatic hydroxyl groups is 1. The van der Waals surface area contributed by atoms with Gasteiger partial charge in [0.05, 0.1) is 24.9 Å². The van der Waals surface area contributed by atoms with Crippen LogP contribution in [0, 0.1) is 0 Å². The molecule has 0 radical (unpaired) electrons. The fourth-order valence-corrected chi connectivity index (χ4v) is 2.52. The lowest BCUT2D eigenvalue weighted by molar-refractivity contribution is 0.00919. The summed E-state index contributed by atoms with van der Waals surface area (Å²) in [5.74, 6) is 1.19. The lowest BCUT2D eigenvalue weighted by atomic mass is 10.1. The summed E-state index contributed by atoms with van der Waals surface area (Å²) in [6, 6.07) is 0. The molecule has 0 bridgehead atoms. The SMILES string of the molecule is CC(O)[C@@H](NC(C)(C)C)Oc1nsnc1N1CCOCC1. The fraction of sp³-hybridized carbons (Fsp3) is 0.846. The highest BCUT2D eigenvalue weighted by Gasteiger charge is 2.27. The molecule has 21 heavy (non-hydrogen) atoms. The lowest BCUT2D eigenvalue weighted by Crippen LogP contribution is -2.52. The van der Waals surface area contributed by atoms with Gasteiger partial charge in [-0.3, -0.25) is 5.32 Å². The van der Waals surface area contributed by atoms with Crippen LogP contribution in [-0.4, -0.2) is 58.0 Å². The zero-order valence-corrected chi connectivity index (χ0v) is 13.8. The van der Waals surface area contributed by atoms with E-state index < -0.39 is 12.3 Å². The van der Waals surface area contributed by atoms with Crippen molar-refractivity contribution in [2.45, 2.75) is 45.6 Å². The molecule has 2 heterocycles. The average molecular weight is 316 g/mol. The molecule has 1 aromatic heterocycles. The molecule has 1 aliphatic heterocycles. The Morgan fingerprint density at radius 1 is 1.33 bits per heavy atom. The molecule has 2 atom stereocenters. The minimum absolute atomic E-state index is 0.176. The van der Waals surface area contributed by atoms with Crippen LogP contribution in [-0.2, 0) is 4.74 Å². The van der Waals surface area contributed by atoms with Crippen molar-refractivity contribution < 1.29 is 14.6 Å². The van der Waals surface area contributed by atoms with Crippen LogP contribution in [0.3, 0.4) is 0 Å². The van der Waals surface area contributed by atoms with Crippen molar-refractivity contribution in [3.8, 4) is 5.88 Å². The van der Waals surface area contributed by atoms with Crippen molar-refractivity contribution in [3.05, 3.63) is 0 Å². The van der Waals surface area contributed by atoms with Crippen molar-refractivity contribution in [1.29, 1.82) is 0 Å². The monoisotopic (exact) mass is 316 g/mol. The van der Waals surface area contributed by atoms with E-state index in [2.05, 4.69) is 19.0 Å². The quantitative estimate of drug-likeness (QED) is 0.780. The van der Waals surface area contributed by atoms with E-state index in [1.54, 1.807) is 6.92 Å². The van der Waals surface area contributed by atoms with E-state index in [4.69, 9.17) is 9.47 Å². The number of anilines is 1. The Labute approximate surface area is 129 Å². The largest absolute Gasteiger partial charge is 0.452 e. The van der Waals surface area contributed by atoms with Crippen LogP contribution in [0.15, 0.2) is 0 Å². The number of ether oxygens (including phenoxy) is 2. The maximum Gasteiger partial charge on any atom is 0.272 e. The molecule has 0 amide bonds. The Bertz CT molecular complexity index is 441. The maximum absolute atomic E-state index is 9.91. The number of nitrogens with one attached hydrogen (secondary N) is 1. The summed E-state index contributed by atoms with van der Waals surface area (Å²) in [6.45, 7) is 10.7. The van der Waals surface area contributed by atoms with Gasteiger partial charge in [0.1, 0.15) is 6.10 Å². The standard InChI is InChI=1S/C13H24N4O3S/c1-9(18)11(14-13(2,3)4)20-12-10(15-21-16-12)17-5-7-19-8-6-17/h9,11,14,18H,5-8H2,1-4H3/t9?,11-/m0/s1. The summed E-state index contributed by atoms with van der Waals surface area (Å²) < 4.78 is 19.7. The molecule has 8 heteroatoms. The second-order valence-electron chi connectivity index (χ2n) is 6.17. The Kier molecular flexibility index (Phi) is 5.37. The Morgan fingerprint density at radius 2 is 2.00 bits per heavy atom. The Balaban J connectivity index is 2.08. The summed E-state index contributed by atoms with van der Waals surface area (Å²) in [5.41, 5.74) is -0.176. The van der Waals surface area contributed by atoms with E-state index in [0.717, 1.165) is 30.6 Å². The molecule has 7 nitrogen and oxygen atoms in total. The summed E-state index contributed by atoms with van der Waals surface area (Å²) >= 11 is 1.11. The number of hydrogen-bond acceptors (Lipinski definition) is 8. The van der Waals surface area contributed by atoms with Gasteiger partial charge in [0.15, 0.2) is 6.23 Å². The summed E-state index contributed by atoms with van der Waals surface area (Å²) in [6.07, 6.45) is -1.20. The van der Waals surface area contributed by atoms with E-state index >= 15 is 0 Å². The highest BCUT2D eigenvalue weighted by atomic mass is 32.1. The number of morpholine rings is 1. The molecule has 1 saturated heterocycles. The minimum atomic E-state index is -0.663. The highest BCUT2D eigenvalue weighted by molar-refractivity contribution is 6.99. The predicted octanol–water partition coefficient (Wildman–Crippen LogP) is 0.848. The highest BCUT2D eigenvalue weighted by Crippen LogP contribution is 2.27. The van der Waals surface area contributed by atoms with Crippen LogP contribution in [0.25, 0.3) is 0 Å². The van der Waals surface area contributed by atoms with Crippen LogP contribution < -0.4 is 15.0 Å². The number of aliphatic hydroxyl groups excluding tert-OH is 1. The van der Waals surface area contributed by atoms with Crippen LogP contribution >= 0.6 is 11.7 Å². The summed E-state index contributed by atoms with van der Waals surface area (Å²) in [5, 5.41) is 13.2. The number of rotatable bonds is 5. The molecule has 0 saturated carbocycles. The molecule has 2 rings (SSSR count). The second-order valence-corrected chi connectivity index (χ2v) is 6.69. The Hall–Kier alpha value is -0.960. The third-order valence-electron chi connectivity index (χ3n) is 3.00. The van der Waals surface area contributed by atoms with Gasteiger partial charge in [-0.25, -0.2) is 0 Å². The zero-order chi connectivity index (χ0) is 15.5. The number of hydrogen-bond donors (Lipinski definition) is 2. The van der Waals surface area contributed by atoms with E-state index in [1.165, 1.54) is 0 Å². The molecule has 1 fully saturated rings. The first-order valence-corrected chi connectivity index (χ1v) is 7.87. The topological polar surface area (TPSA) is 79.7 Å². The molecule has 2 N–H and O–H groups in total. The van der Waals surface area contributed by atoms with Gasteiger partial charge in [0.25, 0.3) is 5.88 Å². The van der Waals surface area contributed by atoms with Crippen molar-refractivity contribution in [2.75, 3.05) is 31.2 Å². The normalized spacial score (nSPS) is 19.4. The molecule has 1 aromatic rings. The van der Waals surface area contributed by atoms with Gasteiger partial charge >= 0.3 is 0 Å². The first-order chi connectivity index (χ1) is 9.87. The van der Waals surface area contributed by atoms with Gasteiger partial charge < -0.3 is 19.5 Å².